The number of thioether (sulfide) groups is 1. The molecule has 0 saturated heterocycles. The smallest absolute Gasteiger partial charge is 0.344 e. The molecule has 0 unspecified atom stereocenters. The summed E-state index contributed by atoms with van der Waals surface area (Å²) in [6.45, 7) is 0.903. The third kappa shape index (κ3) is 12.3. The fourth-order valence-electron chi connectivity index (χ4n) is 4.99. The van der Waals surface area contributed by atoms with E-state index in [1.165, 1.54) is 19.4 Å². The molecule has 4 aromatic carbocycles. The average Bonchev–Trinajstić information content (AvgIpc) is 3.17. The van der Waals surface area contributed by atoms with Crippen LogP contribution in [0.2, 0.25) is 0 Å². The van der Waals surface area contributed by atoms with E-state index in [0.29, 0.717) is 36.0 Å². The van der Waals surface area contributed by atoms with E-state index >= 15 is 0 Å². The molecule has 0 aliphatic rings. The topological polar surface area (TPSA) is 189 Å². The highest BCUT2D eigenvalue weighted by Gasteiger charge is 2.27. The van der Waals surface area contributed by atoms with Gasteiger partial charge < -0.3 is 29.9 Å². The number of nitrogens with zero attached hydrogens (tertiary/aromatic N) is 2. The monoisotopic (exact) mass is 778 g/mol. The van der Waals surface area contributed by atoms with Crippen LogP contribution in [0, 0.1) is 0 Å². The van der Waals surface area contributed by atoms with Gasteiger partial charge in [-0.3, -0.25) is 19.5 Å². The SMILES string of the molecule is COc1cc(CS(O)(O)c2cccc[n+]2O)ccc1OCc1ccccc1.COc1cc(CSc2cccc[n+]2O)ccc1OCc1ccccc1.O.O. The van der Waals surface area contributed by atoms with Crippen LogP contribution >= 0.6 is 22.4 Å². The lowest BCUT2D eigenvalue weighted by Crippen LogP contribution is -2.35. The summed E-state index contributed by atoms with van der Waals surface area (Å²) in [7, 11) is -0.0480. The van der Waals surface area contributed by atoms with Gasteiger partial charge in [-0.15, -0.1) is 10.6 Å². The van der Waals surface area contributed by atoms with Crippen molar-refractivity contribution >= 4 is 22.4 Å². The molecule has 286 valence electrons. The molecule has 0 atom stereocenters. The van der Waals surface area contributed by atoms with Gasteiger partial charge in [0, 0.05) is 39.5 Å². The van der Waals surface area contributed by atoms with Crippen LogP contribution in [-0.2, 0) is 24.7 Å². The second-order valence-corrected chi connectivity index (χ2v) is 14.4. The first kappa shape index (κ1) is 42.9. The third-order valence-corrected chi connectivity index (χ3v) is 10.5. The Bertz CT molecular complexity index is 2020. The minimum atomic E-state index is -3.22. The molecule has 0 bridgehead atoms. The molecule has 54 heavy (non-hydrogen) atoms. The number of hydrogen-bond acceptors (Lipinski definition) is 9. The number of aromatic nitrogens is 2. The van der Waals surface area contributed by atoms with Crippen LogP contribution in [0.4, 0.5) is 0 Å². The lowest BCUT2D eigenvalue weighted by molar-refractivity contribution is -0.933. The molecule has 2 aromatic heterocycles. The molecule has 14 heteroatoms. The van der Waals surface area contributed by atoms with Crippen molar-refractivity contribution in [2.24, 2.45) is 0 Å². The fraction of sp³-hybridized carbons (Fsp3) is 0.150. The Kier molecular flexibility index (Phi) is 16.9. The first-order valence-corrected chi connectivity index (χ1v) is 18.9. The predicted molar refractivity (Wildman–Crippen MR) is 207 cm³/mol. The van der Waals surface area contributed by atoms with Gasteiger partial charge in [0.2, 0.25) is 12.4 Å². The van der Waals surface area contributed by atoms with Gasteiger partial charge in [0.15, 0.2) is 23.0 Å². The molecule has 0 aliphatic carbocycles. The number of benzene rings is 4. The number of ether oxygens (including phenoxy) is 4. The Morgan fingerprint density at radius 1 is 0.537 bits per heavy atom. The molecule has 0 aliphatic heterocycles. The van der Waals surface area contributed by atoms with Gasteiger partial charge in [0.1, 0.15) is 13.2 Å². The standard InChI is InChI=1S/C20H21NO5S.C20H20NO3S.2H2O/c1-25-19-13-17(15-27(23,24)20-9-5-6-12-21(20)22)10-11-18(19)26-14-16-7-3-2-4-8-16;1-23-19-13-17(15-25-20-9-5-6-12-21(20)22)10-11-18(19)24-14-16-7-3-2-4-8-16;;/h2-13H,14-15H2,1H3,(H2-,22,23,24);2-13,22H,14-15H2,1H3;2*1H2/q;+1;;/p+1. The summed E-state index contributed by atoms with van der Waals surface area (Å²) < 4.78 is 45.4. The summed E-state index contributed by atoms with van der Waals surface area (Å²) in [5, 5.41) is 20.4. The van der Waals surface area contributed by atoms with Gasteiger partial charge in [-0.1, -0.05) is 72.8 Å². The quantitative estimate of drug-likeness (QED) is 0.0540. The minimum Gasteiger partial charge on any atom is -0.493 e. The van der Waals surface area contributed by atoms with Crippen molar-refractivity contribution in [2.45, 2.75) is 34.8 Å². The van der Waals surface area contributed by atoms with Gasteiger partial charge in [-0.05, 0) is 70.4 Å². The molecule has 2 heterocycles. The zero-order valence-electron chi connectivity index (χ0n) is 29.8. The van der Waals surface area contributed by atoms with Gasteiger partial charge in [0.25, 0.3) is 5.03 Å². The van der Waals surface area contributed by atoms with Crippen molar-refractivity contribution < 1.29 is 58.9 Å². The number of hydrogen-bond donors (Lipinski definition) is 4. The Balaban J connectivity index is 0.000000281. The van der Waals surface area contributed by atoms with Crippen molar-refractivity contribution in [3.05, 3.63) is 168 Å². The van der Waals surface area contributed by atoms with E-state index < -0.39 is 10.6 Å². The van der Waals surface area contributed by atoms with E-state index in [-0.39, 0.29) is 21.7 Å². The first-order valence-electron chi connectivity index (χ1n) is 16.2. The van der Waals surface area contributed by atoms with Crippen LogP contribution in [0.25, 0.3) is 0 Å². The van der Waals surface area contributed by atoms with E-state index in [4.69, 9.17) is 18.9 Å². The molecular formula is C40H46N2O10S2+2. The van der Waals surface area contributed by atoms with E-state index in [9.17, 15) is 19.5 Å². The maximum Gasteiger partial charge on any atom is 0.344 e. The molecule has 0 fully saturated rings. The molecule has 0 spiro atoms. The largest absolute Gasteiger partial charge is 0.493 e. The molecule has 8 N–H and O–H groups in total. The van der Waals surface area contributed by atoms with E-state index in [1.807, 2.05) is 91.0 Å². The molecule has 0 radical (unpaired) electrons. The summed E-state index contributed by atoms with van der Waals surface area (Å²) >= 11 is 1.55. The highest BCUT2D eigenvalue weighted by atomic mass is 32.3. The van der Waals surface area contributed by atoms with Crippen LogP contribution in [0.3, 0.4) is 0 Å². The highest BCUT2D eigenvalue weighted by molar-refractivity contribution is 8.23. The molecule has 6 aromatic rings. The predicted octanol–water partition coefficient (Wildman–Crippen LogP) is 6.55. The molecular weight excluding hydrogens is 733 g/mol. The molecule has 12 nitrogen and oxygen atoms in total. The maximum absolute atomic E-state index is 10.5. The molecule has 6 rings (SSSR count). The van der Waals surface area contributed by atoms with Gasteiger partial charge in [0.05, 0.1) is 20.0 Å². The zero-order valence-corrected chi connectivity index (χ0v) is 31.5. The molecule has 0 saturated carbocycles. The number of pyridine rings is 2. The number of methoxy groups -OCH3 is 2. The third-order valence-electron chi connectivity index (χ3n) is 7.63. The van der Waals surface area contributed by atoms with Gasteiger partial charge >= 0.3 is 5.03 Å². The maximum atomic E-state index is 10.5. The van der Waals surface area contributed by atoms with Crippen LogP contribution in [0.1, 0.15) is 22.3 Å². The van der Waals surface area contributed by atoms with Gasteiger partial charge in [-0.2, -0.15) is 0 Å². The van der Waals surface area contributed by atoms with E-state index in [0.717, 1.165) is 42.7 Å². The summed E-state index contributed by atoms with van der Waals surface area (Å²) in [4.78, 5) is 0. The number of rotatable bonds is 14. The first-order chi connectivity index (χ1) is 25.3. The fourth-order valence-corrected chi connectivity index (χ4v) is 7.30. The second kappa shape index (κ2) is 21.3. The Morgan fingerprint density at radius 3 is 1.54 bits per heavy atom. The zero-order chi connectivity index (χ0) is 36.8. The summed E-state index contributed by atoms with van der Waals surface area (Å²) in [6.07, 6.45) is 2.97. The summed E-state index contributed by atoms with van der Waals surface area (Å²) in [5.41, 5.74) is 3.90. The van der Waals surface area contributed by atoms with Crippen LogP contribution in [-0.4, -0.2) is 44.7 Å². The minimum absolute atomic E-state index is 0. The lowest BCUT2D eigenvalue weighted by Gasteiger charge is -2.27. The van der Waals surface area contributed by atoms with E-state index in [1.54, 1.807) is 61.5 Å². The van der Waals surface area contributed by atoms with Crippen LogP contribution in [0.5, 0.6) is 23.0 Å². The summed E-state index contributed by atoms with van der Waals surface area (Å²) in [5.74, 6) is 3.17. The second-order valence-electron chi connectivity index (χ2n) is 11.4. The van der Waals surface area contributed by atoms with Crippen molar-refractivity contribution in [1.82, 2.24) is 0 Å². The van der Waals surface area contributed by atoms with E-state index in [2.05, 4.69) is 0 Å². The Morgan fingerprint density at radius 2 is 1.02 bits per heavy atom. The molecule has 0 amide bonds. The van der Waals surface area contributed by atoms with Crippen LogP contribution in [0.15, 0.2) is 156 Å². The average molecular weight is 779 g/mol. The van der Waals surface area contributed by atoms with Crippen molar-refractivity contribution in [3.63, 3.8) is 0 Å². The van der Waals surface area contributed by atoms with Crippen molar-refractivity contribution in [3.8, 4) is 23.0 Å². The lowest BCUT2D eigenvalue weighted by atomic mass is 10.2. The van der Waals surface area contributed by atoms with Crippen molar-refractivity contribution in [2.75, 3.05) is 14.2 Å². The normalized spacial score (nSPS) is 10.7. The Labute approximate surface area is 320 Å². The Hall–Kier alpha value is -5.48. The van der Waals surface area contributed by atoms with Crippen molar-refractivity contribution in [1.29, 1.82) is 0 Å². The van der Waals surface area contributed by atoms with Gasteiger partial charge in [-0.25, -0.2) is 0 Å². The summed E-state index contributed by atoms with van der Waals surface area (Å²) in [6, 6.07) is 41.2. The highest BCUT2D eigenvalue weighted by Crippen LogP contribution is 2.49. The van der Waals surface area contributed by atoms with Crippen LogP contribution < -0.4 is 28.4 Å².